The Morgan fingerprint density at radius 2 is 2.13 bits per heavy atom. The molecule has 2 atom stereocenters. The second-order valence-electron chi connectivity index (χ2n) is 3.27. The maximum absolute atomic E-state index is 10.6. The van der Waals surface area contributed by atoms with Gasteiger partial charge in [-0.3, -0.25) is 4.79 Å². The number of benzene rings is 1. The molecule has 4 nitrogen and oxygen atoms in total. The molecule has 0 saturated carbocycles. The maximum atomic E-state index is 10.6. The molecule has 1 heterocycles. The fraction of sp³-hybridized carbons (Fsp3) is 0.273. The molecule has 0 aliphatic carbocycles. The Balaban J connectivity index is 2.23. The summed E-state index contributed by atoms with van der Waals surface area (Å²) in [6.45, 7) is -0.181. The molecule has 0 spiro atoms. The lowest BCUT2D eigenvalue weighted by molar-refractivity contribution is -0.114. The maximum Gasteiger partial charge on any atom is 0.217 e. The summed E-state index contributed by atoms with van der Waals surface area (Å²) in [5.74, 6) is 0.423. The monoisotopic (exact) mass is 205 g/mol. The molecule has 4 heteroatoms. The molecule has 1 N–H and O–H groups in total. The van der Waals surface area contributed by atoms with E-state index < -0.39 is 12.1 Å². The Hall–Kier alpha value is -1.68. The highest BCUT2D eigenvalue weighted by atomic mass is 16.5. The van der Waals surface area contributed by atoms with E-state index in [1.54, 1.807) is 0 Å². The Morgan fingerprint density at radius 1 is 1.40 bits per heavy atom. The normalized spacial score (nSPS) is 24.5. The summed E-state index contributed by atoms with van der Waals surface area (Å²) >= 11 is 0. The number of aliphatic hydroxyl groups excluding tert-OH is 1. The number of carbonyl (C=O) groups is 1. The molecule has 1 aliphatic heterocycles. The first-order valence-electron chi connectivity index (χ1n) is 4.71. The van der Waals surface area contributed by atoms with Gasteiger partial charge in [0, 0.05) is 5.56 Å². The van der Waals surface area contributed by atoms with E-state index in [1.165, 1.54) is 0 Å². The van der Waals surface area contributed by atoms with Crippen LogP contribution in [0.2, 0.25) is 0 Å². The number of aliphatic imine (C=N–C) groups is 1. The number of carbonyl (C=O) groups excluding carboxylic acids is 1. The summed E-state index contributed by atoms with van der Waals surface area (Å²) in [4.78, 5) is 14.8. The van der Waals surface area contributed by atoms with Gasteiger partial charge in [0.2, 0.25) is 5.90 Å². The van der Waals surface area contributed by atoms with Crippen molar-refractivity contribution in [2.24, 2.45) is 4.99 Å². The first-order chi connectivity index (χ1) is 7.35. The third kappa shape index (κ3) is 1.89. The van der Waals surface area contributed by atoms with Gasteiger partial charge in [0.15, 0.2) is 12.4 Å². The van der Waals surface area contributed by atoms with E-state index in [9.17, 15) is 4.79 Å². The highest BCUT2D eigenvalue weighted by Crippen LogP contribution is 2.16. The van der Waals surface area contributed by atoms with Crippen LogP contribution >= 0.6 is 0 Å². The van der Waals surface area contributed by atoms with Gasteiger partial charge >= 0.3 is 0 Å². The Kier molecular flexibility index (Phi) is 2.78. The van der Waals surface area contributed by atoms with Crippen LogP contribution in [0.15, 0.2) is 35.3 Å². The van der Waals surface area contributed by atoms with Crippen LogP contribution in [-0.4, -0.2) is 36.0 Å². The number of hydrogen-bond donors (Lipinski definition) is 1. The van der Waals surface area contributed by atoms with Crippen LogP contribution in [-0.2, 0) is 9.53 Å². The topological polar surface area (TPSA) is 58.9 Å². The van der Waals surface area contributed by atoms with Crippen LogP contribution < -0.4 is 0 Å². The number of aldehydes is 1. The Bertz CT molecular complexity index is 375. The van der Waals surface area contributed by atoms with Gasteiger partial charge < -0.3 is 9.84 Å². The highest BCUT2D eigenvalue weighted by Gasteiger charge is 2.30. The van der Waals surface area contributed by atoms with Gasteiger partial charge in [-0.25, -0.2) is 4.99 Å². The lowest BCUT2D eigenvalue weighted by Gasteiger charge is -2.07. The van der Waals surface area contributed by atoms with Gasteiger partial charge in [-0.1, -0.05) is 18.2 Å². The van der Waals surface area contributed by atoms with Crippen molar-refractivity contribution in [1.29, 1.82) is 0 Å². The molecular formula is C11H11NO3. The van der Waals surface area contributed by atoms with Gasteiger partial charge in [0.25, 0.3) is 0 Å². The molecule has 0 saturated heterocycles. The van der Waals surface area contributed by atoms with Gasteiger partial charge in [0.1, 0.15) is 6.04 Å². The second-order valence-corrected chi connectivity index (χ2v) is 3.27. The van der Waals surface area contributed by atoms with Crippen LogP contribution in [0.25, 0.3) is 0 Å². The zero-order valence-electron chi connectivity index (χ0n) is 8.04. The number of hydrogen-bond acceptors (Lipinski definition) is 4. The lowest BCUT2D eigenvalue weighted by atomic mass is 10.2. The molecule has 1 aromatic rings. The highest BCUT2D eigenvalue weighted by molar-refractivity contribution is 5.96. The first kappa shape index (κ1) is 9.86. The standard InChI is InChI=1S/C11H11NO3/c13-6-9-10(7-14)15-11(12-9)8-4-2-1-3-5-8/h1-5,7,9-10,13H,6H2. The van der Waals surface area contributed by atoms with Crippen molar-refractivity contribution in [3.05, 3.63) is 35.9 Å². The minimum Gasteiger partial charge on any atom is -0.464 e. The average Bonchev–Trinajstić information content (AvgIpc) is 2.73. The van der Waals surface area contributed by atoms with E-state index in [0.717, 1.165) is 5.56 Å². The van der Waals surface area contributed by atoms with E-state index in [2.05, 4.69) is 4.99 Å². The number of rotatable bonds is 3. The smallest absolute Gasteiger partial charge is 0.217 e. The van der Waals surface area contributed by atoms with Crippen molar-refractivity contribution >= 4 is 12.2 Å². The molecule has 2 unspecified atom stereocenters. The molecule has 0 aromatic heterocycles. The SMILES string of the molecule is O=CC1OC(c2ccccc2)=NC1CO. The van der Waals surface area contributed by atoms with Gasteiger partial charge in [-0.2, -0.15) is 0 Å². The first-order valence-corrected chi connectivity index (χ1v) is 4.71. The van der Waals surface area contributed by atoms with Crippen LogP contribution in [0.4, 0.5) is 0 Å². The van der Waals surface area contributed by atoms with Crippen molar-refractivity contribution in [2.75, 3.05) is 6.61 Å². The fourth-order valence-corrected chi connectivity index (χ4v) is 1.45. The molecule has 1 aromatic carbocycles. The molecule has 2 rings (SSSR count). The van der Waals surface area contributed by atoms with Crippen molar-refractivity contribution < 1.29 is 14.6 Å². The summed E-state index contributed by atoms with van der Waals surface area (Å²) in [6, 6.07) is 8.84. The van der Waals surface area contributed by atoms with E-state index in [1.807, 2.05) is 30.3 Å². The minimum atomic E-state index is -0.662. The minimum absolute atomic E-state index is 0.181. The lowest BCUT2D eigenvalue weighted by Crippen LogP contribution is -2.26. The molecule has 0 bridgehead atoms. The summed E-state index contributed by atoms with van der Waals surface area (Å²) in [5.41, 5.74) is 0.820. The van der Waals surface area contributed by atoms with E-state index in [-0.39, 0.29) is 6.61 Å². The van der Waals surface area contributed by atoms with E-state index in [0.29, 0.717) is 12.2 Å². The van der Waals surface area contributed by atoms with Crippen LogP contribution in [0.5, 0.6) is 0 Å². The zero-order chi connectivity index (χ0) is 10.7. The predicted octanol–water partition coefficient (Wildman–Crippen LogP) is 0.392. The average molecular weight is 205 g/mol. The third-order valence-electron chi connectivity index (χ3n) is 2.25. The molecule has 1 aliphatic rings. The van der Waals surface area contributed by atoms with Crippen LogP contribution in [0.3, 0.4) is 0 Å². The molecule has 15 heavy (non-hydrogen) atoms. The summed E-state index contributed by atoms with van der Waals surface area (Å²) in [7, 11) is 0. The van der Waals surface area contributed by atoms with Gasteiger partial charge in [-0.15, -0.1) is 0 Å². The van der Waals surface area contributed by atoms with E-state index >= 15 is 0 Å². The predicted molar refractivity (Wildman–Crippen MR) is 54.8 cm³/mol. The molecule has 78 valence electrons. The van der Waals surface area contributed by atoms with E-state index in [4.69, 9.17) is 9.84 Å². The van der Waals surface area contributed by atoms with Crippen LogP contribution in [0.1, 0.15) is 5.56 Å². The summed E-state index contributed by atoms with van der Waals surface area (Å²) in [6.07, 6.45) is 0.00514. The van der Waals surface area contributed by atoms with Crippen LogP contribution in [0, 0.1) is 0 Å². The largest absolute Gasteiger partial charge is 0.464 e. The van der Waals surface area contributed by atoms with Crippen molar-refractivity contribution in [3.8, 4) is 0 Å². The van der Waals surface area contributed by atoms with Crippen molar-refractivity contribution in [2.45, 2.75) is 12.1 Å². The van der Waals surface area contributed by atoms with Gasteiger partial charge in [0.05, 0.1) is 6.61 Å². The fourth-order valence-electron chi connectivity index (χ4n) is 1.45. The second kappa shape index (κ2) is 4.23. The number of aliphatic hydroxyl groups is 1. The Morgan fingerprint density at radius 3 is 2.67 bits per heavy atom. The Labute approximate surface area is 87.2 Å². The summed E-state index contributed by atoms with van der Waals surface area (Å²) in [5, 5.41) is 8.99. The zero-order valence-corrected chi connectivity index (χ0v) is 8.04. The molecule has 0 radical (unpaired) electrons. The molecule has 0 amide bonds. The number of nitrogens with zero attached hydrogens (tertiary/aromatic N) is 1. The van der Waals surface area contributed by atoms with Crippen molar-refractivity contribution in [3.63, 3.8) is 0 Å². The number of ether oxygens (including phenoxy) is 1. The molecule has 0 fully saturated rings. The summed E-state index contributed by atoms with van der Waals surface area (Å²) < 4.78 is 5.32. The van der Waals surface area contributed by atoms with Gasteiger partial charge in [-0.05, 0) is 12.1 Å². The third-order valence-corrected chi connectivity index (χ3v) is 2.25. The quantitative estimate of drug-likeness (QED) is 0.726. The van der Waals surface area contributed by atoms with Crippen molar-refractivity contribution in [1.82, 2.24) is 0 Å². The molecular weight excluding hydrogens is 194 g/mol.